The first-order chi connectivity index (χ1) is 18.8. The monoisotopic (exact) mass is 525 g/mol. The van der Waals surface area contributed by atoms with Gasteiger partial charge < -0.3 is 10.6 Å². The number of amides is 4. The molecule has 2 fully saturated rings. The number of urea groups is 1. The Morgan fingerprint density at radius 1 is 0.897 bits per heavy atom. The van der Waals surface area contributed by atoms with Crippen LogP contribution in [0.2, 0.25) is 0 Å². The van der Waals surface area contributed by atoms with Crippen molar-refractivity contribution in [2.45, 2.75) is 32.4 Å². The molecule has 4 amide bonds. The number of imide groups is 1. The van der Waals surface area contributed by atoms with E-state index in [4.69, 9.17) is 0 Å². The van der Waals surface area contributed by atoms with Crippen LogP contribution in [-0.4, -0.2) is 38.3 Å². The van der Waals surface area contributed by atoms with Gasteiger partial charge in [0.25, 0.3) is 5.56 Å². The lowest BCUT2D eigenvalue weighted by atomic mass is 9.63. The van der Waals surface area contributed by atoms with Gasteiger partial charge in [0.15, 0.2) is 0 Å². The van der Waals surface area contributed by atoms with Gasteiger partial charge in [0.1, 0.15) is 11.9 Å². The molecular weight excluding hydrogens is 494 g/mol. The average Bonchev–Trinajstić information content (AvgIpc) is 3.35. The minimum absolute atomic E-state index is 0.0519. The minimum atomic E-state index is -0.891. The van der Waals surface area contributed by atoms with E-state index in [1.807, 2.05) is 60.7 Å². The third-order valence-corrected chi connectivity index (χ3v) is 8.47. The van der Waals surface area contributed by atoms with Crippen molar-refractivity contribution >= 4 is 23.5 Å². The molecule has 5 atom stereocenters. The van der Waals surface area contributed by atoms with E-state index >= 15 is 0 Å². The van der Waals surface area contributed by atoms with Gasteiger partial charge in [0.2, 0.25) is 11.8 Å². The molecule has 1 saturated heterocycles. The number of aromatic nitrogens is 2. The summed E-state index contributed by atoms with van der Waals surface area (Å²) >= 11 is 0. The normalized spacial score (nSPS) is 24.1. The largest absolute Gasteiger partial charge is 0.321 e. The molecule has 5 unspecified atom stereocenters. The highest BCUT2D eigenvalue weighted by molar-refractivity contribution is 6.06. The zero-order chi connectivity index (χ0) is 27.3. The number of anilines is 1. The number of rotatable bonds is 6. The van der Waals surface area contributed by atoms with Crippen LogP contribution in [0.25, 0.3) is 5.69 Å². The molecular formula is C30H31N5O4. The fraction of sp³-hybridized carbons (Fsp3) is 0.333. The molecule has 39 heavy (non-hydrogen) atoms. The van der Waals surface area contributed by atoms with E-state index in [-0.39, 0.29) is 53.2 Å². The highest BCUT2D eigenvalue weighted by atomic mass is 16.2. The Kier molecular flexibility index (Phi) is 6.21. The summed E-state index contributed by atoms with van der Waals surface area (Å²) in [4.78, 5) is 55.3. The first-order valence-corrected chi connectivity index (χ1v) is 13.4. The number of allylic oxidation sites excluding steroid dienone is 2. The van der Waals surface area contributed by atoms with E-state index in [2.05, 4.69) is 22.8 Å². The maximum Gasteiger partial charge on any atom is 0.321 e. The summed E-state index contributed by atoms with van der Waals surface area (Å²) in [5.41, 5.74) is 1.87. The molecule has 2 aromatic carbocycles. The number of carbonyl (C=O) groups excluding carboxylic acids is 3. The van der Waals surface area contributed by atoms with Crippen LogP contribution in [-0.2, 0) is 23.1 Å². The summed E-state index contributed by atoms with van der Waals surface area (Å²) in [5, 5.41) is 5.56. The number of para-hydroxylation sites is 1. The molecule has 3 aliphatic carbocycles. The lowest BCUT2D eigenvalue weighted by Gasteiger charge is -2.38. The Hall–Kier alpha value is -4.40. The van der Waals surface area contributed by atoms with Crippen LogP contribution in [0.15, 0.2) is 77.6 Å². The smallest absolute Gasteiger partial charge is 0.317 e. The van der Waals surface area contributed by atoms with Crippen LogP contribution in [0.1, 0.15) is 24.1 Å². The number of hydrogen-bond acceptors (Lipinski definition) is 4. The number of carbonyl (C=O) groups is 3. The standard InChI is InChI=1S/C30H31N5O4/c1-18-26(29(38)35(33(18)2)22-11-7-4-8-12-22)32-30(39)31-23(17-19-9-5-3-6-10-19)34-27(36)24-20-13-14-21(16-15-20)25(24)28(34)37/h3-14,20-21,23-25H,15-17H2,1-2H3,(H2,31,32,39). The molecule has 1 aromatic heterocycles. The predicted molar refractivity (Wildman–Crippen MR) is 146 cm³/mol. The molecule has 200 valence electrons. The van der Waals surface area contributed by atoms with E-state index in [0.717, 1.165) is 18.4 Å². The van der Waals surface area contributed by atoms with Gasteiger partial charge in [-0.15, -0.1) is 0 Å². The van der Waals surface area contributed by atoms with Gasteiger partial charge in [-0.1, -0.05) is 60.7 Å². The van der Waals surface area contributed by atoms with Crippen molar-refractivity contribution in [1.29, 1.82) is 0 Å². The number of fused-ring (bicyclic) bond motifs is 1. The second-order valence-corrected chi connectivity index (χ2v) is 10.6. The Morgan fingerprint density at radius 3 is 2.03 bits per heavy atom. The van der Waals surface area contributed by atoms with Crippen LogP contribution in [0.4, 0.5) is 10.5 Å². The van der Waals surface area contributed by atoms with Crippen molar-refractivity contribution in [3.63, 3.8) is 0 Å². The number of likely N-dealkylation sites (tertiary alicyclic amines) is 1. The number of nitrogens with zero attached hydrogens (tertiary/aromatic N) is 3. The maximum atomic E-state index is 13.7. The number of benzene rings is 2. The summed E-state index contributed by atoms with van der Waals surface area (Å²) in [6.07, 6.45) is 5.31. The minimum Gasteiger partial charge on any atom is -0.317 e. The lowest BCUT2D eigenvalue weighted by molar-refractivity contribution is -0.143. The van der Waals surface area contributed by atoms with Gasteiger partial charge >= 0.3 is 6.03 Å². The van der Waals surface area contributed by atoms with Gasteiger partial charge in [-0.3, -0.25) is 24.0 Å². The maximum absolute atomic E-state index is 13.7. The first-order valence-electron chi connectivity index (χ1n) is 13.4. The summed E-state index contributed by atoms with van der Waals surface area (Å²) in [7, 11) is 1.75. The molecule has 3 aromatic rings. The molecule has 0 spiro atoms. The molecule has 2 heterocycles. The van der Waals surface area contributed by atoms with Crippen molar-refractivity contribution in [2.75, 3.05) is 5.32 Å². The van der Waals surface area contributed by atoms with E-state index in [1.165, 1.54) is 9.58 Å². The third-order valence-electron chi connectivity index (χ3n) is 8.47. The predicted octanol–water partition coefficient (Wildman–Crippen LogP) is 3.37. The summed E-state index contributed by atoms with van der Waals surface area (Å²) in [6.45, 7) is 1.75. The van der Waals surface area contributed by atoms with Crippen molar-refractivity contribution < 1.29 is 14.4 Å². The van der Waals surface area contributed by atoms with Crippen molar-refractivity contribution in [3.8, 4) is 5.69 Å². The summed E-state index contributed by atoms with van der Waals surface area (Å²) in [5.74, 6) is -1.11. The number of nitrogens with one attached hydrogen (secondary N) is 2. The second-order valence-electron chi connectivity index (χ2n) is 10.6. The second kappa shape index (κ2) is 9.72. The Bertz CT molecular complexity index is 1490. The van der Waals surface area contributed by atoms with Gasteiger partial charge in [-0.2, -0.15) is 0 Å². The van der Waals surface area contributed by atoms with Gasteiger partial charge in [0.05, 0.1) is 23.2 Å². The van der Waals surface area contributed by atoms with Crippen LogP contribution < -0.4 is 16.2 Å². The molecule has 9 heteroatoms. The molecule has 1 aliphatic heterocycles. The lowest BCUT2D eigenvalue weighted by Crippen LogP contribution is -2.53. The molecule has 2 N–H and O–H groups in total. The number of hydrogen-bond donors (Lipinski definition) is 2. The Labute approximate surface area is 226 Å². The summed E-state index contributed by atoms with van der Waals surface area (Å²) < 4.78 is 3.16. The fourth-order valence-corrected chi connectivity index (χ4v) is 6.46. The quantitative estimate of drug-likeness (QED) is 0.380. The molecule has 7 rings (SSSR count). The van der Waals surface area contributed by atoms with Crippen molar-refractivity contribution in [1.82, 2.24) is 19.6 Å². The fourth-order valence-electron chi connectivity index (χ4n) is 6.46. The topological polar surface area (TPSA) is 105 Å². The highest BCUT2D eigenvalue weighted by Gasteiger charge is 2.58. The van der Waals surface area contributed by atoms with Crippen molar-refractivity contribution in [2.24, 2.45) is 30.7 Å². The van der Waals surface area contributed by atoms with Crippen LogP contribution in [0.3, 0.4) is 0 Å². The Morgan fingerprint density at radius 2 is 1.46 bits per heavy atom. The molecule has 9 nitrogen and oxygen atoms in total. The van der Waals surface area contributed by atoms with Crippen LogP contribution in [0, 0.1) is 30.6 Å². The Balaban J connectivity index is 1.29. The van der Waals surface area contributed by atoms with Crippen LogP contribution in [0.5, 0.6) is 0 Å². The highest BCUT2D eigenvalue weighted by Crippen LogP contribution is 2.50. The van der Waals surface area contributed by atoms with E-state index in [1.54, 1.807) is 18.7 Å². The average molecular weight is 526 g/mol. The van der Waals surface area contributed by atoms with Crippen molar-refractivity contribution in [3.05, 3.63) is 94.4 Å². The van der Waals surface area contributed by atoms with Gasteiger partial charge in [-0.05, 0) is 49.3 Å². The molecule has 1 saturated carbocycles. The van der Waals surface area contributed by atoms with Gasteiger partial charge in [0, 0.05) is 13.5 Å². The molecule has 2 bridgehead atoms. The zero-order valence-corrected chi connectivity index (χ0v) is 21.9. The first kappa shape index (κ1) is 24.9. The zero-order valence-electron chi connectivity index (χ0n) is 21.9. The van der Waals surface area contributed by atoms with E-state index in [9.17, 15) is 19.2 Å². The third kappa shape index (κ3) is 4.18. The molecule has 4 aliphatic rings. The summed E-state index contributed by atoms with van der Waals surface area (Å²) in [6, 6.07) is 17.9. The van der Waals surface area contributed by atoms with Crippen LogP contribution >= 0.6 is 0 Å². The van der Waals surface area contributed by atoms with E-state index in [0.29, 0.717) is 11.4 Å². The van der Waals surface area contributed by atoms with Gasteiger partial charge in [-0.25, -0.2) is 9.48 Å². The SMILES string of the molecule is Cc1c(NC(=O)NC(Cc2ccccc2)N2C(=O)C3C4C=CC(CC4)C3C2=O)c(=O)n(-c2ccccc2)n1C. The molecule has 0 radical (unpaired) electrons. The van der Waals surface area contributed by atoms with E-state index < -0.39 is 12.2 Å².